The molecule has 0 spiro atoms. The molecule has 4 nitrogen and oxygen atoms in total. The van der Waals surface area contributed by atoms with Gasteiger partial charge in [0.2, 0.25) is 5.71 Å². The van der Waals surface area contributed by atoms with Crippen molar-refractivity contribution in [3.63, 3.8) is 0 Å². The van der Waals surface area contributed by atoms with Gasteiger partial charge in [0, 0.05) is 38.9 Å². The van der Waals surface area contributed by atoms with Gasteiger partial charge < -0.3 is 4.42 Å². The van der Waals surface area contributed by atoms with Gasteiger partial charge in [-0.2, -0.15) is 0 Å². The molecule has 0 saturated carbocycles. The lowest BCUT2D eigenvalue weighted by molar-refractivity contribution is 0.655. The quantitative estimate of drug-likeness (QED) is 0.190. The van der Waals surface area contributed by atoms with E-state index < -0.39 is 0 Å². The SMILES string of the molecule is C1=CC2=CCc3ccc(-c4cc(-c5cccc(-c6nc7oc8ccccc8c7c7ccccc67)c5)nc(-c5ccccc5)n4)c4c3C2C(=C1)C=C4. The third-order valence-corrected chi connectivity index (χ3v) is 10.6. The molecule has 0 radical (unpaired) electrons. The number of hydrogen-bond donors (Lipinski definition) is 0. The highest BCUT2D eigenvalue weighted by atomic mass is 16.3. The molecule has 3 aromatic heterocycles. The van der Waals surface area contributed by atoms with Gasteiger partial charge in [-0.1, -0.05) is 140 Å². The van der Waals surface area contributed by atoms with Gasteiger partial charge in [-0.05, 0) is 57.8 Å². The topological polar surface area (TPSA) is 51.8 Å². The summed E-state index contributed by atoms with van der Waals surface area (Å²) in [7, 11) is 0. The van der Waals surface area contributed by atoms with E-state index in [0.717, 1.165) is 72.9 Å². The Morgan fingerprint density at radius 3 is 2.29 bits per heavy atom. The molecular weight excluding hydrogens is 623 g/mol. The average Bonchev–Trinajstić information content (AvgIpc) is 3.59. The maximum Gasteiger partial charge on any atom is 0.228 e. The molecular formula is C47H29N3O. The first-order valence-electron chi connectivity index (χ1n) is 17.4. The summed E-state index contributed by atoms with van der Waals surface area (Å²) in [6.07, 6.45) is 14.6. The minimum atomic E-state index is 0.275. The molecule has 0 bridgehead atoms. The molecule has 0 fully saturated rings. The van der Waals surface area contributed by atoms with Crippen molar-refractivity contribution < 1.29 is 4.42 Å². The molecule has 5 aromatic carbocycles. The normalized spacial score (nSPS) is 15.6. The molecule has 0 saturated heterocycles. The number of aromatic nitrogens is 3. The molecule has 0 aliphatic heterocycles. The van der Waals surface area contributed by atoms with Crippen LogP contribution in [0.1, 0.15) is 22.6 Å². The third-order valence-electron chi connectivity index (χ3n) is 10.6. The largest absolute Gasteiger partial charge is 0.438 e. The highest BCUT2D eigenvalue weighted by Crippen LogP contribution is 2.48. The van der Waals surface area contributed by atoms with Gasteiger partial charge >= 0.3 is 0 Å². The zero-order valence-electron chi connectivity index (χ0n) is 27.5. The van der Waals surface area contributed by atoms with Crippen molar-refractivity contribution >= 4 is 38.9 Å². The number of para-hydroxylation sites is 1. The van der Waals surface area contributed by atoms with Crippen molar-refractivity contribution in [2.75, 3.05) is 0 Å². The highest BCUT2D eigenvalue weighted by molar-refractivity contribution is 6.20. The number of hydrogen-bond acceptors (Lipinski definition) is 4. The van der Waals surface area contributed by atoms with Crippen LogP contribution in [0.3, 0.4) is 0 Å². The maximum atomic E-state index is 6.32. The van der Waals surface area contributed by atoms with E-state index in [1.807, 2.05) is 30.3 Å². The zero-order valence-corrected chi connectivity index (χ0v) is 27.5. The highest BCUT2D eigenvalue weighted by Gasteiger charge is 2.32. The molecule has 1 unspecified atom stereocenters. The summed E-state index contributed by atoms with van der Waals surface area (Å²) in [5.41, 5.74) is 15.0. The summed E-state index contributed by atoms with van der Waals surface area (Å²) in [6, 6.07) is 42.2. The van der Waals surface area contributed by atoms with Crippen LogP contribution < -0.4 is 0 Å². The summed E-state index contributed by atoms with van der Waals surface area (Å²) >= 11 is 0. The first kappa shape index (κ1) is 28.2. The number of rotatable bonds is 4. The van der Waals surface area contributed by atoms with Crippen LogP contribution in [0.25, 0.3) is 84.1 Å². The summed E-state index contributed by atoms with van der Waals surface area (Å²) < 4.78 is 6.32. The van der Waals surface area contributed by atoms with Crippen molar-refractivity contribution in [3.8, 4) is 45.2 Å². The van der Waals surface area contributed by atoms with Gasteiger partial charge in [-0.3, -0.25) is 0 Å². The summed E-state index contributed by atoms with van der Waals surface area (Å²) in [6.45, 7) is 0. The van der Waals surface area contributed by atoms with Crippen LogP contribution in [0.15, 0.2) is 167 Å². The van der Waals surface area contributed by atoms with Crippen LogP contribution >= 0.6 is 0 Å². The number of furan rings is 1. The first-order valence-corrected chi connectivity index (χ1v) is 17.4. The number of benzene rings is 5. The Morgan fingerprint density at radius 1 is 0.588 bits per heavy atom. The Hall–Kier alpha value is -6.65. The van der Waals surface area contributed by atoms with Crippen molar-refractivity contribution in [2.45, 2.75) is 12.3 Å². The van der Waals surface area contributed by atoms with Crippen LogP contribution in [-0.2, 0) is 6.42 Å². The van der Waals surface area contributed by atoms with Crippen molar-refractivity contribution in [1.29, 1.82) is 0 Å². The lowest BCUT2D eigenvalue weighted by Gasteiger charge is -2.34. The fourth-order valence-electron chi connectivity index (χ4n) is 8.27. The van der Waals surface area contributed by atoms with Gasteiger partial charge in [0.05, 0.1) is 22.5 Å². The summed E-state index contributed by atoms with van der Waals surface area (Å²) in [5.74, 6) is 0.976. The smallest absolute Gasteiger partial charge is 0.228 e. The second kappa shape index (κ2) is 10.9. The molecule has 51 heavy (non-hydrogen) atoms. The third kappa shape index (κ3) is 4.36. The fraction of sp³-hybridized carbons (Fsp3) is 0.0426. The molecule has 3 aliphatic carbocycles. The van der Waals surface area contributed by atoms with E-state index in [0.29, 0.717) is 11.5 Å². The van der Waals surface area contributed by atoms with Gasteiger partial charge in [0.15, 0.2) is 5.82 Å². The van der Waals surface area contributed by atoms with Crippen LogP contribution in [-0.4, -0.2) is 15.0 Å². The number of allylic oxidation sites excluding steroid dienone is 7. The lowest BCUT2D eigenvalue weighted by atomic mass is 9.70. The van der Waals surface area contributed by atoms with E-state index in [9.17, 15) is 0 Å². The number of nitrogens with zero attached hydrogens (tertiary/aromatic N) is 3. The Balaban J connectivity index is 1.10. The maximum absolute atomic E-state index is 6.32. The van der Waals surface area contributed by atoms with Crippen LogP contribution in [0.4, 0.5) is 0 Å². The number of pyridine rings is 1. The Morgan fingerprint density at radius 2 is 1.37 bits per heavy atom. The van der Waals surface area contributed by atoms with Crippen LogP contribution in [0.2, 0.25) is 0 Å². The van der Waals surface area contributed by atoms with Gasteiger partial charge in [-0.25, -0.2) is 15.0 Å². The van der Waals surface area contributed by atoms with Crippen LogP contribution in [0, 0.1) is 0 Å². The van der Waals surface area contributed by atoms with Crippen molar-refractivity contribution in [2.24, 2.45) is 0 Å². The summed E-state index contributed by atoms with van der Waals surface area (Å²) in [5, 5.41) is 4.34. The fourth-order valence-corrected chi connectivity index (χ4v) is 8.27. The molecule has 4 heteroatoms. The second-order valence-electron chi connectivity index (χ2n) is 13.5. The van der Waals surface area contributed by atoms with E-state index in [1.165, 1.54) is 27.8 Å². The van der Waals surface area contributed by atoms with Crippen LogP contribution in [0.5, 0.6) is 0 Å². The molecule has 238 valence electrons. The number of fused-ring (bicyclic) bond motifs is 5. The van der Waals surface area contributed by atoms with E-state index >= 15 is 0 Å². The summed E-state index contributed by atoms with van der Waals surface area (Å²) in [4.78, 5) is 15.6. The minimum absolute atomic E-state index is 0.275. The van der Waals surface area contributed by atoms with Gasteiger partial charge in [0.1, 0.15) is 5.58 Å². The molecule has 0 N–H and O–H groups in total. The Bertz CT molecular complexity index is 2890. The van der Waals surface area contributed by atoms with E-state index in [1.54, 1.807) is 0 Å². The first-order chi connectivity index (χ1) is 25.3. The molecule has 8 aromatic rings. The zero-order chi connectivity index (χ0) is 33.5. The van der Waals surface area contributed by atoms with E-state index in [-0.39, 0.29) is 5.92 Å². The average molecular weight is 652 g/mol. The van der Waals surface area contributed by atoms with Crippen molar-refractivity contribution in [3.05, 3.63) is 180 Å². The van der Waals surface area contributed by atoms with Crippen molar-refractivity contribution in [1.82, 2.24) is 15.0 Å². The molecule has 11 rings (SSSR count). The van der Waals surface area contributed by atoms with E-state index in [2.05, 4.69) is 127 Å². The Labute approximate surface area is 294 Å². The second-order valence-corrected chi connectivity index (χ2v) is 13.5. The monoisotopic (exact) mass is 651 g/mol. The molecule has 1 atom stereocenters. The predicted octanol–water partition coefficient (Wildman–Crippen LogP) is 11.7. The minimum Gasteiger partial charge on any atom is -0.438 e. The predicted molar refractivity (Wildman–Crippen MR) is 207 cm³/mol. The Kier molecular flexibility index (Phi) is 6.05. The van der Waals surface area contributed by atoms with Gasteiger partial charge in [0.25, 0.3) is 0 Å². The van der Waals surface area contributed by atoms with E-state index in [4.69, 9.17) is 19.4 Å². The lowest BCUT2D eigenvalue weighted by Crippen LogP contribution is -2.18. The molecule has 3 aliphatic rings. The molecule has 3 heterocycles. The standard InChI is InChI=1S/C47H29N3O/c1-2-10-31(11-3-1)46-48-39(27-40(49-46)34-24-22-30-21-20-28-12-8-13-29-23-25-36(34)43(30)42(28)29)32-14-9-15-33(26-32)45-37-17-5-4-16-35(37)44-38-18-6-7-19-41(38)51-47(44)50-45/h1-20,22-27,42H,21H2. The molecule has 0 amide bonds. The van der Waals surface area contributed by atoms with Gasteiger partial charge in [-0.15, -0.1) is 0 Å².